The van der Waals surface area contributed by atoms with Gasteiger partial charge in [-0.2, -0.15) is 0 Å². The Labute approximate surface area is 125 Å². The molecule has 0 fully saturated rings. The van der Waals surface area contributed by atoms with Crippen LogP contribution in [0.5, 0.6) is 0 Å². The molecular formula is C13H8BrF2IO. The lowest BCUT2D eigenvalue weighted by molar-refractivity contribution is 0.213. The second-order valence-electron chi connectivity index (χ2n) is 3.73. The second kappa shape index (κ2) is 5.63. The van der Waals surface area contributed by atoms with Crippen LogP contribution in [0.1, 0.15) is 17.2 Å². The summed E-state index contributed by atoms with van der Waals surface area (Å²) in [6.07, 6.45) is -1.20. The quantitative estimate of drug-likeness (QED) is 0.708. The molecule has 1 nitrogen and oxygen atoms in total. The van der Waals surface area contributed by atoms with E-state index in [1.165, 1.54) is 0 Å². The lowest BCUT2D eigenvalue weighted by Gasteiger charge is -2.14. The Hall–Kier alpha value is -0.530. The Kier molecular flexibility index (Phi) is 4.34. The van der Waals surface area contributed by atoms with E-state index in [2.05, 4.69) is 38.5 Å². The molecule has 18 heavy (non-hydrogen) atoms. The van der Waals surface area contributed by atoms with Crippen molar-refractivity contribution in [2.75, 3.05) is 0 Å². The van der Waals surface area contributed by atoms with Gasteiger partial charge in [0, 0.05) is 19.2 Å². The van der Waals surface area contributed by atoms with Gasteiger partial charge in [-0.3, -0.25) is 0 Å². The number of benzene rings is 2. The lowest BCUT2D eigenvalue weighted by Crippen LogP contribution is -2.04. The Morgan fingerprint density at radius 3 is 2.50 bits per heavy atom. The van der Waals surface area contributed by atoms with Crippen molar-refractivity contribution in [3.63, 3.8) is 0 Å². The van der Waals surface area contributed by atoms with Crippen molar-refractivity contribution in [1.82, 2.24) is 0 Å². The molecule has 2 aromatic carbocycles. The molecule has 2 aromatic rings. The van der Waals surface area contributed by atoms with Gasteiger partial charge < -0.3 is 5.11 Å². The zero-order valence-corrected chi connectivity index (χ0v) is 12.7. The van der Waals surface area contributed by atoms with Crippen LogP contribution in [0, 0.1) is 15.2 Å². The molecule has 94 valence electrons. The van der Waals surface area contributed by atoms with Crippen LogP contribution < -0.4 is 0 Å². The van der Waals surface area contributed by atoms with Gasteiger partial charge in [0.15, 0.2) is 0 Å². The maximum absolute atomic E-state index is 13.6. The topological polar surface area (TPSA) is 20.2 Å². The van der Waals surface area contributed by atoms with Crippen molar-refractivity contribution >= 4 is 38.5 Å². The van der Waals surface area contributed by atoms with Crippen LogP contribution in [0.2, 0.25) is 0 Å². The molecule has 0 saturated heterocycles. The predicted octanol–water partition coefficient (Wildman–Crippen LogP) is 4.41. The maximum atomic E-state index is 13.6. The predicted molar refractivity (Wildman–Crippen MR) is 77.3 cm³/mol. The van der Waals surface area contributed by atoms with Gasteiger partial charge in [0.05, 0.1) is 0 Å². The van der Waals surface area contributed by atoms with E-state index in [1.54, 1.807) is 12.1 Å². The molecule has 1 atom stereocenters. The minimum absolute atomic E-state index is 0.0716. The molecule has 0 aliphatic carbocycles. The molecule has 0 saturated carbocycles. The van der Waals surface area contributed by atoms with Crippen LogP contribution >= 0.6 is 38.5 Å². The van der Waals surface area contributed by atoms with Crippen LogP contribution in [0.25, 0.3) is 0 Å². The summed E-state index contributed by atoms with van der Waals surface area (Å²) in [7, 11) is 0. The molecule has 0 amide bonds. The molecule has 0 aromatic heterocycles. The highest BCUT2D eigenvalue weighted by Gasteiger charge is 2.18. The number of hydrogen-bond acceptors (Lipinski definition) is 1. The third-order valence-corrected chi connectivity index (χ3v) is 3.90. The third-order valence-electron chi connectivity index (χ3n) is 2.51. The first kappa shape index (κ1) is 13.9. The molecule has 0 aliphatic rings. The van der Waals surface area contributed by atoms with Crippen LogP contribution in [-0.4, -0.2) is 5.11 Å². The number of rotatable bonds is 2. The van der Waals surface area contributed by atoms with E-state index in [0.717, 1.165) is 21.8 Å². The van der Waals surface area contributed by atoms with Gasteiger partial charge in [-0.15, -0.1) is 0 Å². The number of aliphatic hydroxyl groups excluding tert-OH is 1. The van der Waals surface area contributed by atoms with Gasteiger partial charge in [0.1, 0.15) is 17.7 Å². The largest absolute Gasteiger partial charge is 0.384 e. The van der Waals surface area contributed by atoms with E-state index >= 15 is 0 Å². The smallest absolute Gasteiger partial charge is 0.129 e. The van der Waals surface area contributed by atoms with Gasteiger partial charge in [-0.1, -0.05) is 15.9 Å². The highest BCUT2D eigenvalue weighted by atomic mass is 127. The Balaban J connectivity index is 2.50. The molecular weight excluding hydrogens is 417 g/mol. The van der Waals surface area contributed by atoms with Crippen LogP contribution in [0.15, 0.2) is 40.9 Å². The molecule has 0 heterocycles. The fourth-order valence-corrected chi connectivity index (χ4v) is 2.59. The van der Waals surface area contributed by atoms with Gasteiger partial charge in [-0.05, 0) is 59.0 Å². The third kappa shape index (κ3) is 2.89. The van der Waals surface area contributed by atoms with Gasteiger partial charge in [0.2, 0.25) is 0 Å². The van der Waals surface area contributed by atoms with Crippen molar-refractivity contribution in [2.45, 2.75) is 6.10 Å². The van der Waals surface area contributed by atoms with Crippen molar-refractivity contribution in [1.29, 1.82) is 0 Å². The molecule has 1 N–H and O–H groups in total. The first-order valence-corrected chi connectivity index (χ1v) is 6.94. The Bertz CT molecular complexity index is 538. The highest BCUT2D eigenvalue weighted by Crippen LogP contribution is 2.31. The van der Waals surface area contributed by atoms with Crippen molar-refractivity contribution in [3.05, 3.63) is 67.2 Å². The van der Waals surface area contributed by atoms with Crippen molar-refractivity contribution in [3.8, 4) is 0 Å². The Morgan fingerprint density at radius 2 is 1.78 bits per heavy atom. The van der Waals surface area contributed by atoms with Crippen molar-refractivity contribution in [2.24, 2.45) is 0 Å². The summed E-state index contributed by atoms with van der Waals surface area (Å²) >= 11 is 5.38. The summed E-state index contributed by atoms with van der Waals surface area (Å²) in [5.74, 6) is -1.21. The highest BCUT2D eigenvalue weighted by molar-refractivity contribution is 14.1. The normalized spacial score (nSPS) is 12.5. The Morgan fingerprint density at radius 1 is 1.06 bits per heavy atom. The molecule has 0 aliphatic heterocycles. The average Bonchev–Trinajstić information content (AvgIpc) is 2.34. The molecule has 0 spiro atoms. The zero-order valence-electron chi connectivity index (χ0n) is 9.00. The summed E-state index contributed by atoms with van der Waals surface area (Å²) in [6.45, 7) is 0. The number of halogens is 4. The van der Waals surface area contributed by atoms with E-state index in [4.69, 9.17) is 0 Å². The minimum Gasteiger partial charge on any atom is -0.384 e. The fourth-order valence-electron chi connectivity index (χ4n) is 1.62. The van der Waals surface area contributed by atoms with Gasteiger partial charge in [0.25, 0.3) is 0 Å². The van der Waals surface area contributed by atoms with E-state index in [-0.39, 0.29) is 5.56 Å². The molecule has 2 rings (SSSR count). The summed E-state index contributed by atoms with van der Waals surface area (Å²) in [5, 5.41) is 10.2. The van der Waals surface area contributed by atoms with Crippen LogP contribution in [-0.2, 0) is 0 Å². The summed E-state index contributed by atoms with van der Waals surface area (Å²) in [6, 6.07) is 8.37. The van der Waals surface area contributed by atoms with E-state index in [1.807, 2.05) is 6.07 Å². The van der Waals surface area contributed by atoms with E-state index in [9.17, 15) is 13.9 Å². The SMILES string of the molecule is OC(c1cc(F)ccc1F)c1cc(I)ccc1Br. The summed E-state index contributed by atoms with van der Waals surface area (Å²) in [4.78, 5) is 0. The number of aliphatic hydroxyl groups is 1. The summed E-state index contributed by atoms with van der Waals surface area (Å²) < 4.78 is 28.3. The minimum atomic E-state index is -1.20. The first-order chi connectivity index (χ1) is 8.49. The second-order valence-corrected chi connectivity index (χ2v) is 5.83. The van der Waals surface area contributed by atoms with Crippen LogP contribution in [0.4, 0.5) is 8.78 Å². The lowest BCUT2D eigenvalue weighted by atomic mass is 10.0. The van der Waals surface area contributed by atoms with Crippen LogP contribution in [0.3, 0.4) is 0 Å². The molecule has 5 heteroatoms. The van der Waals surface area contributed by atoms with Gasteiger partial charge >= 0.3 is 0 Å². The standard InChI is InChI=1S/C13H8BrF2IO/c14-11-3-2-8(17)6-9(11)13(18)10-5-7(15)1-4-12(10)16/h1-6,13,18H. The molecule has 0 bridgehead atoms. The summed E-state index contributed by atoms with van der Waals surface area (Å²) in [5.41, 5.74) is 0.434. The fraction of sp³-hybridized carbons (Fsp3) is 0.0769. The van der Waals surface area contributed by atoms with Gasteiger partial charge in [-0.25, -0.2) is 8.78 Å². The molecule has 0 radical (unpaired) electrons. The maximum Gasteiger partial charge on any atom is 0.129 e. The number of hydrogen-bond donors (Lipinski definition) is 1. The van der Waals surface area contributed by atoms with E-state index in [0.29, 0.717) is 10.0 Å². The molecule has 1 unspecified atom stereocenters. The van der Waals surface area contributed by atoms with E-state index < -0.39 is 17.7 Å². The van der Waals surface area contributed by atoms with Crippen molar-refractivity contribution < 1.29 is 13.9 Å². The first-order valence-electron chi connectivity index (χ1n) is 5.07. The average molecular weight is 425 g/mol. The monoisotopic (exact) mass is 424 g/mol. The zero-order chi connectivity index (χ0) is 13.3.